The maximum atomic E-state index is 6.24. The Morgan fingerprint density at radius 1 is 1.15 bits per heavy atom. The van der Waals surface area contributed by atoms with Crippen molar-refractivity contribution in [1.29, 1.82) is 0 Å². The third kappa shape index (κ3) is 2.68. The molecule has 0 saturated carbocycles. The van der Waals surface area contributed by atoms with E-state index in [9.17, 15) is 0 Å². The molecule has 0 bridgehead atoms. The first-order valence-electron chi connectivity index (χ1n) is 6.62. The van der Waals surface area contributed by atoms with Gasteiger partial charge in [-0.05, 0) is 11.5 Å². The summed E-state index contributed by atoms with van der Waals surface area (Å²) in [6.07, 6.45) is 0. The number of fused-ring (bicyclic) bond motifs is 1. The Morgan fingerprint density at radius 3 is 2.60 bits per heavy atom. The van der Waals surface area contributed by atoms with Crippen LogP contribution in [-0.2, 0) is 0 Å². The molecule has 0 fully saturated rings. The van der Waals surface area contributed by atoms with Gasteiger partial charge in [0.25, 0.3) is 0 Å². The van der Waals surface area contributed by atoms with E-state index in [2.05, 4.69) is 36.5 Å². The standard InChI is InChI=1S/C16H16ClNO2/c1-11(12-5-3-2-4-6-12)9-18-14-8-16-15(7-13(14)17)19-10-20-16/h2-8,11,18H,9-10H2,1H3. The molecule has 0 spiro atoms. The molecule has 1 atom stereocenters. The van der Waals surface area contributed by atoms with Gasteiger partial charge < -0.3 is 14.8 Å². The minimum atomic E-state index is 0.259. The van der Waals surface area contributed by atoms with Gasteiger partial charge in [0, 0.05) is 18.7 Å². The third-order valence-corrected chi connectivity index (χ3v) is 3.74. The zero-order chi connectivity index (χ0) is 13.9. The number of rotatable bonds is 4. The first-order chi connectivity index (χ1) is 9.74. The number of hydrogen-bond acceptors (Lipinski definition) is 3. The Kier molecular flexibility index (Phi) is 3.70. The lowest BCUT2D eigenvalue weighted by Gasteiger charge is -2.15. The highest BCUT2D eigenvalue weighted by Crippen LogP contribution is 2.39. The molecule has 0 amide bonds. The summed E-state index contributed by atoms with van der Waals surface area (Å²) in [5.41, 5.74) is 2.18. The van der Waals surface area contributed by atoms with Gasteiger partial charge in [-0.1, -0.05) is 48.9 Å². The van der Waals surface area contributed by atoms with Crippen LogP contribution in [0, 0.1) is 0 Å². The van der Waals surface area contributed by atoms with Crippen LogP contribution in [0.1, 0.15) is 18.4 Å². The van der Waals surface area contributed by atoms with Crippen molar-refractivity contribution in [3.05, 3.63) is 53.1 Å². The highest BCUT2D eigenvalue weighted by atomic mass is 35.5. The molecule has 0 saturated heterocycles. The lowest BCUT2D eigenvalue weighted by molar-refractivity contribution is 0.174. The minimum Gasteiger partial charge on any atom is -0.454 e. The topological polar surface area (TPSA) is 30.5 Å². The van der Waals surface area contributed by atoms with Crippen molar-refractivity contribution >= 4 is 17.3 Å². The maximum Gasteiger partial charge on any atom is 0.231 e. The van der Waals surface area contributed by atoms with Crippen LogP contribution in [0.2, 0.25) is 5.02 Å². The second kappa shape index (κ2) is 5.63. The van der Waals surface area contributed by atoms with E-state index < -0.39 is 0 Å². The van der Waals surface area contributed by atoms with Crippen LogP contribution < -0.4 is 14.8 Å². The normalized spacial score (nSPS) is 14.1. The number of nitrogens with one attached hydrogen (secondary N) is 1. The Labute approximate surface area is 123 Å². The van der Waals surface area contributed by atoms with E-state index in [0.717, 1.165) is 18.0 Å². The van der Waals surface area contributed by atoms with Crippen LogP contribution in [0.3, 0.4) is 0 Å². The van der Waals surface area contributed by atoms with Crippen molar-refractivity contribution < 1.29 is 9.47 Å². The van der Waals surface area contributed by atoms with Gasteiger partial charge in [0.2, 0.25) is 6.79 Å². The summed E-state index contributed by atoms with van der Waals surface area (Å²) in [6.45, 7) is 3.25. The predicted octanol–water partition coefficient (Wildman–Crippen LogP) is 4.28. The lowest BCUT2D eigenvalue weighted by atomic mass is 10.0. The van der Waals surface area contributed by atoms with Gasteiger partial charge in [-0.3, -0.25) is 0 Å². The summed E-state index contributed by atoms with van der Waals surface area (Å²) in [6, 6.07) is 14.1. The van der Waals surface area contributed by atoms with E-state index in [1.807, 2.05) is 12.1 Å². The molecular formula is C16H16ClNO2. The van der Waals surface area contributed by atoms with E-state index in [0.29, 0.717) is 16.7 Å². The van der Waals surface area contributed by atoms with Gasteiger partial charge in [-0.2, -0.15) is 0 Å². The number of hydrogen-bond donors (Lipinski definition) is 1. The largest absolute Gasteiger partial charge is 0.454 e. The first kappa shape index (κ1) is 13.1. The number of anilines is 1. The molecule has 3 rings (SSSR count). The average molecular weight is 290 g/mol. The van der Waals surface area contributed by atoms with Crippen LogP contribution in [0.5, 0.6) is 11.5 Å². The Morgan fingerprint density at radius 2 is 1.85 bits per heavy atom. The molecule has 1 aliphatic rings. The quantitative estimate of drug-likeness (QED) is 0.911. The summed E-state index contributed by atoms with van der Waals surface area (Å²) in [5, 5.41) is 4.02. The van der Waals surface area contributed by atoms with Gasteiger partial charge in [0.05, 0.1) is 10.7 Å². The smallest absolute Gasteiger partial charge is 0.231 e. The van der Waals surface area contributed by atoms with Gasteiger partial charge >= 0.3 is 0 Å². The Balaban J connectivity index is 1.70. The summed E-state index contributed by atoms with van der Waals surface area (Å²) < 4.78 is 10.7. The summed E-state index contributed by atoms with van der Waals surface area (Å²) in [7, 11) is 0. The fourth-order valence-corrected chi connectivity index (χ4v) is 2.44. The van der Waals surface area contributed by atoms with Crippen molar-refractivity contribution in [2.24, 2.45) is 0 Å². The van der Waals surface area contributed by atoms with Gasteiger partial charge in [-0.15, -0.1) is 0 Å². The number of halogens is 1. The van der Waals surface area contributed by atoms with Gasteiger partial charge in [0.15, 0.2) is 11.5 Å². The molecule has 2 aromatic carbocycles. The highest BCUT2D eigenvalue weighted by Gasteiger charge is 2.16. The molecule has 104 valence electrons. The molecule has 0 aromatic heterocycles. The molecule has 1 aliphatic heterocycles. The van der Waals surface area contributed by atoms with Crippen LogP contribution in [0.4, 0.5) is 5.69 Å². The van der Waals surface area contributed by atoms with E-state index in [1.165, 1.54) is 5.56 Å². The molecule has 4 heteroatoms. The van der Waals surface area contributed by atoms with E-state index >= 15 is 0 Å². The maximum absolute atomic E-state index is 6.24. The number of ether oxygens (including phenoxy) is 2. The molecule has 2 aromatic rings. The first-order valence-corrected chi connectivity index (χ1v) is 7.00. The van der Waals surface area contributed by atoms with Crippen molar-refractivity contribution in [3.8, 4) is 11.5 Å². The van der Waals surface area contributed by atoms with Crippen molar-refractivity contribution in [3.63, 3.8) is 0 Å². The van der Waals surface area contributed by atoms with Crippen LogP contribution in [0.25, 0.3) is 0 Å². The fraction of sp³-hybridized carbons (Fsp3) is 0.250. The molecular weight excluding hydrogens is 274 g/mol. The second-order valence-electron chi connectivity index (χ2n) is 4.88. The third-order valence-electron chi connectivity index (χ3n) is 3.43. The molecule has 1 N–H and O–H groups in total. The second-order valence-corrected chi connectivity index (χ2v) is 5.29. The van der Waals surface area contributed by atoms with Crippen molar-refractivity contribution in [2.75, 3.05) is 18.7 Å². The van der Waals surface area contributed by atoms with E-state index in [-0.39, 0.29) is 6.79 Å². The molecule has 0 aliphatic carbocycles. The zero-order valence-corrected chi connectivity index (χ0v) is 12.0. The monoisotopic (exact) mass is 289 g/mol. The molecule has 0 radical (unpaired) electrons. The molecule has 20 heavy (non-hydrogen) atoms. The molecule has 3 nitrogen and oxygen atoms in total. The lowest BCUT2D eigenvalue weighted by Crippen LogP contribution is -2.10. The Hall–Kier alpha value is -1.87. The zero-order valence-electron chi connectivity index (χ0n) is 11.2. The highest BCUT2D eigenvalue weighted by molar-refractivity contribution is 6.33. The molecule has 1 unspecified atom stereocenters. The van der Waals surface area contributed by atoms with Crippen LogP contribution in [-0.4, -0.2) is 13.3 Å². The fourth-order valence-electron chi connectivity index (χ4n) is 2.22. The van der Waals surface area contributed by atoms with Crippen molar-refractivity contribution in [1.82, 2.24) is 0 Å². The summed E-state index contributed by atoms with van der Waals surface area (Å²) >= 11 is 6.24. The Bertz CT molecular complexity index is 601. The molecule has 1 heterocycles. The average Bonchev–Trinajstić information content (AvgIpc) is 2.92. The van der Waals surface area contributed by atoms with E-state index in [4.69, 9.17) is 21.1 Å². The number of benzene rings is 2. The summed E-state index contributed by atoms with van der Waals surface area (Å²) in [5.74, 6) is 1.85. The summed E-state index contributed by atoms with van der Waals surface area (Å²) in [4.78, 5) is 0. The van der Waals surface area contributed by atoms with Crippen LogP contribution in [0.15, 0.2) is 42.5 Å². The predicted molar refractivity (Wildman–Crippen MR) is 80.9 cm³/mol. The van der Waals surface area contributed by atoms with Crippen molar-refractivity contribution in [2.45, 2.75) is 12.8 Å². The minimum absolute atomic E-state index is 0.259. The van der Waals surface area contributed by atoms with E-state index in [1.54, 1.807) is 6.07 Å². The van der Waals surface area contributed by atoms with Crippen LogP contribution >= 0.6 is 11.6 Å². The van der Waals surface area contributed by atoms with Gasteiger partial charge in [-0.25, -0.2) is 0 Å². The van der Waals surface area contributed by atoms with Gasteiger partial charge in [0.1, 0.15) is 0 Å². The SMILES string of the molecule is CC(CNc1cc2c(cc1Cl)OCO2)c1ccccc1.